The molecule has 0 atom stereocenters. The van der Waals surface area contributed by atoms with Crippen LogP contribution in [0, 0.1) is 5.82 Å². The average molecular weight is 423 g/mol. The van der Waals surface area contributed by atoms with E-state index in [1.807, 2.05) is 41.8 Å². The molecular weight excluding hydrogens is 407 g/mol. The molecule has 1 heterocycles. The Kier molecular flexibility index (Phi) is 5.69. The lowest BCUT2D eigenvalue weighted by Crippen LogP contribution is -2.15. The second-order valence-electron chi connectivity index (χ2n) is 6.41. The van der Waals surface area contributed by atoms with Crippen LogP contribution in [0.1, 0.15) is 5.56 Å². The molecule has 0 aliphatic carbocycles. The zero-order chi connectivity index (χ0) is 20.2. The number of carbonyl (C=O) groups excluding carboxylic acids is 1. The highest BCUT2D eigenvalue weighted by Crippen LogP contribution is 2.33. The van der Waals surface area contributed by atoms with Gasteiger partial charge in [-0.3, -0.25) is 4.79 Å². The van der Waals surface area contributed by atoms with Crippen molar-refractivity contribution >= 4 is 34.5 Å². The quantitative estimate of drug-likeness (QED) is 0.401. The highest BCUT2D eigenvalue weighted by atomic mass is 35.5. The Morgan fingerprint density at radius 3 is 2.41 bits per heavy atom. The summed E-state index contributed by atoms with van der Waals surface area (Å²) in [5.74, 6) is -0.442. The fraction of sp³-hybridized carbons (Fsp3) is 0.0435. The maximum atomic E-state index is 14.1. The Balaban J connectivity index is 1.57. The summed E-state index contributed by atoms with van der Waals surface area (Å²) >= 11 is 7.26. The van der Waals surface area contributed by atoms with E-state index in [2.05, 4.69) is 10.3 Å². The number of nitrogens with zero attached hydrogens (tertiary/aromatic N) is 1. The summed E-state index contributed by atoms with van der Waals surface area (Å²) in [5, 5.41) is 6.05. The highest BCUT2D eigenvalue weighted by Gasteiger charge is 2.14. The Morgan fingerprint density at radius 1 is 0.966 bits per heavy atom. The second kappa shape index (κ2) is 8.55. The Hall–Kier alpha value is -3.02. The predicted molar refractivity (Wildman–Crippen MR) is 117 cm³/mol. The topological polar surface area (TPSA) is 42.0 Å². The molecule has 0 saturated carbocycles. The summed E-state index contributed by atoms with van der Waals surface area (Å²) in [5.41, 5.74) is 3.48. The number of rotatable bonds is 5. The van der Waals surface area contributed by atoms with Crippen molar-refractivity contribution in [1.29, 1.82) is 0 Å². The third-order valence-corrected chi connectivity index (χ3v) is 5.49. The minimum absolute atomic E-state index is 0.135. The van der Waals surface area contributed by atoms with Crippen LogP contribution in [0.2, 0.25) is 5.02 Å². The van der Waals surface area contributed by atoms with E-state index in [4.69, 9.17) is 11.6 Å². The van der Waals surface area contributed by atoms with Gasteiger partial charge in [-0.1, -0.05) is 54.1 Å². The fourth-order valence-corrected chi connectivity index (χ4v) is 3.93. The van der Waals surface area contributed by atoms with Gasteiger partial charge in [-0.05, 0) is 35.9 Å². The van der Waals surface area contributed by atoms with Gasteiger partial charge in [-0.25, -0.2) is 9.37 Å². The molecule has 6 heteroatoms. The molecule has 3 aromatic carbocycles. The van der Waals surface area contributed by atoms with E-state index in [9.17, 15) is 9.18 Å². The van der Waals surface area contributed by atoms with Crippen LogP contribution >= 0.6 is 22.9 Å². The lowest BCUT2D eigenvalue weighted by Gasteiger charge is -2.10. The molecule has 4 rings (SSSR count). The molecular formula is C23H16ClFN2OS. The molecule has 0 spiro atoms. The highest BCUT2D eigenvalue weighted by molar-refractivity contribution is 7.13. The average Bonchev–Trinajstić information content (AvgIpc) is 3.20. The van der Waals surface area contributed by atoms with Crippen LogP contribution in [0.3, 0.4) is 0 Å². The smallest absolute Gasteiger partial charge is 0.228 e. The zero-order valence-electron chi connectivity index (χ0n) is 15.2. The van der Waals surface area contributed by atoms with Crippen molar-refractivity contribution in [3.8, 4) is 21.8 Å². The molecule has 1 aromatic heterocycles. The molecule has 1 amide bonds. The van der Waals surface area contributed by atoms with Crippen LogP contribution in [0.5, 0.6) is 0 Å². The number of benzene rings is 3. The number of aromatic nitrogens is 1. The van der Waals surface area contributed by atoms with Gasteiger partial charge in [0.15, 0.2) is 0 Å². The summed E-state index contributed by atoms with van der Waals surface area (Å²) in [6.07, 6.45) is 0.239. The first-order valence-corrected chi connectivity index (χ1v) is 10.2. The van der Waals surface area contributed by atoms with Crippen LogP contribution in [0.25, 0.3) is 21.8 Å². The number of amides is 1. The number of para-hydroxylation sites is 1. The molecule has 0 bridgehead atoms. The zero-order valence-corrected chi connectivity index (χ0v) is 16.8. The lowest BCUT2D eigenvalue weighted by molar-refractivity contribution is -0.115. The number of halogens is 2. The molecule has 1 N–H and O–H groups in total. The van der Waals surface area contributed by atoms with Gasteiger partial charge in [0.2, 0.25) is 5.91 Å². The molecule has 0 unspecified atom stereocenters. The van der Waals surface area contributed by atoms with E-state index in [0.717, 1.165) is 11.1 Å². The Labute approximate surface area is 176 Å². The third kappa shape index (κ3) is 4.53. The van der Waals surface area contributed by atoms with Crippen molar-refractivity contribution in [3.05, 3.63) is 94.6 Å². The first-order valence-electron chi connectivity index (χ1n) is 8.94. The molecule has 4 aromatic rings. The maximum Gasteiger partial charge on any atom is 0.228 e. The maximum absolute atomic E-state index is 14.1. The normalized spacial score (nSPS) is 10.7. The van der Waals surface area contributed by atoms with Gasteiger partial charge in [0.25, 0.3) is 0 Å². The fourth-order valence-electron chi connectivity index (χ4n) is 2.95. The first kappa shape index (κ1) is 19.3. The molecule has 0 aliphatic rings. The minimum atomic E-state index is -0.307. The largest absolute Gasteiger partial charge is 0.325 e. The van der Waals surface area contributed by atoms with Crippen molar-refractivity contribution in [1.82, 2.24) is 4.98 Å². The molecule has 3 nitrogen and oxygen atoms in total. The minimum Gasteiger partial charge on any atom is -0.325 e. The number of hydrogen-bond acceptors (Lipinski definition) is 3. The number of carbonyl (C=O) groups is 1. The third-order valence-electron chi connectivity index (χ3n) is 4.36. The molecule has 144 valence electrons. The van der Waals surface area contributed by atoms with Crippen molar-refractivity contribution in [2.45, 2.75) is 6.42 Å². The first-order chi connectivity index (χ1) is 14.1. The van der Waals surface area contributed by atoms with Gasteiger partial charge >= 0.3 is 0 Å². The SMILES string of the molecule is O=C(Cc1ccc(Cl)cc1)Nc1ccccc1-c1csc(-c2ccccc2F)n1. The molecule has 0 radical (unpaired) electrons. The summed E-state index contributed by atoms with van der Waals surface area (Å²) < 4.78 is 14.1. The monoisotopic (exact) mass is 422 g/mol. The van der Waals surface area contributed by atoms with Gasteiger partial charge in [0.05, 0.1) is 17.8 Å². The van der Waals surface area contributed by atoms with E-state index in [0.29, 0.717) is 27.0 Å². The summed E-state index contributed by atoms with van der Waals surface area (Å²) in [6.45, 7) is 0. The van der Waals surface area contributed by atoms with Gasteiger partial charge in [0, 0.05) is 21.5 Å². The van der Waals surface area contributed by atoms with Crippen molar-refractivity contribution < 1.29 is 9.18 Å². The number of anilines is 1. The summed E-state index contributed by atoms with van der Waals surface area (Å²) in [7, 11) is 0. The van der Waals surface area contributed by atoms with Crippen molar-refractivity contribution in [2.24, 2.45) is 0 Å². The van der Waals surface area contributed by atoms with Gasteiger partial charge in [0.1, 0.15) is 10.8 Å². The lowest BCUT2D eigenvalue weighted by atomic mass is 10.1. The molecule has 29 heavy (non-hydrogen) atoms. The van der Waals surface area contributed by atoms with Crippen LogP contribution in [0.4, 0.5) is 10.1 Å². The van der Waals surface area contributed by atoms with E-state index >= 15 is 0 Å². The summed E-state index contributed by atoms with van der Waals surface area (Å²) in [4.78, 5) is 17.1. The van der Waals surface area contributed by atoms with Crippen LogP contribution in [-0.2, 0) is 11.2 Å². The summed E-state index contributed by atoms with van der Waals surface area (Å²) in [6, 6.07) is 21.2. The molecule has 0 fully saturated rings. The van der Waals surface area contributed by atoms with E-state index in [-0.39, 0.29) is 18.1 Å². The van der Waals surface area contributed by atoms with Gasteiger partial charge in [-0.15, -0.1) is 11.3 Å². The van der Waals surface area contributed by atoms with Crippen molar-refractivity contribution in [2.75, 3.05) is 5.32 Å². The van der Waals surface area contributed by atoms with Crippen LogP contribution < -0.4 is 5.32 Å². The van der Waals surface area contributed by atoms with E-state index in [1.54, 1.807) is 30.3 Å². The predicted octanol–water partition coefficient (Wildman–Crippen LogP) is 6.45. The van der Waals surface area contributed by atoms with Crippen LogP contribution in [0.15, 0.2) is 78.2 Å². The van der Waals surface area contributed by atoms with E-state index in [1.165, 1.54) is 17.4 Å². The Bertz CT molecular complexity index is 1160. The molecule has 0 saturated heterocycles. The number of nitrogens with one attached hydrogen (secondary N) is 1. The van der Waals surface area contributed by atoms with Gasteiger partial charge in [-0.2, -0.15) is 0 Å². The number of thiazole rings is 1. The standard InChI is InChI=1S/C23H16ClFN2OS/c24-16-11-9-15(10-12-16)13-22(28)26-20-8-4-2-6-18(20)21-14-29-23(27-21)17-5-1-3-7-19(17)25/h1-12,14H,13H2,(H,26,28). The number of hydrogen-bond donors (Lipinski definition) is 1. The Morgan fingerprint density at radius 2 is 1.66 bits per heavy atom. The molecule has 0 aliphatic heterocycles. The van der Waals surface area contributed by atoms with E-state index < -0.39 is 0 Å². The van der Waals surface area contributed by atoms with Gasteiger partial charge < -0.3 is 5.32 Å². The second-order valence-corrected chi connectivity index (χ2v) is 7.71. The van der Waals surface area contributed by atoms with Crippen molar-refractivity contribution in [3.63, 3.8) is 0 Å². The van der Waals surface area contributed by atoms with Crippen LogP contribution in [-0.4, -0.2) is 10.9 Å².